The van der Waals surface area contributed by atoms with Crippen LogP contribution in [0.25, 0.3) is 0 Å². The van der Waals surface area contributed by atoms with E-state index in [2.05, 4.69) is 56.0 Å². The summed E-state index contributed by atoms with van der Waals surface area (Å²) in [6.45, 7) is 2.98. The Morgan fingerprint density at radius 1 is 1.50 bits per heavy atom. The molecule has 2 nitrogen and oxygen atoms in total. The summed E-state index contributed by atoms with van der Waals surface area (Å²) < 4.78 is 1.02. The number of thiophene rings is 1. The minimum Gasteiger partial charge on any atom is -0.370 e. The van der Waals surface area contributed by atoms with E-state index in [1.165, 1.54) is 11.1 Å². The highest BCUT2D eigenvalue weighted by Gasteiger charge is 2.00. The van der Waals surface area contributed by atoms with Crippen LogP contribution in [0, 0.1) is 6.92 Å². The highest BCUT2D eigenvalue weighted by Crippen LogP contribution is 2.16. The van der Waals surface area contributed by atoms with Gasteiger partial charge in [-0.05, 0) is 63.3 Å². The third-order valence-corrected chi connectivity index (χ3v) is 3.50. The molecule has 2 aromatic rings. The van der Waals surface area contributed by atoms with Crippen molar-refractivity contribution in [3.8, 4) is 0 Å². The zero-order chi connectivity index (χ0) is 11.4. The maximum absolute atomic E-state index is 4.34. The number of rotatable bonds is 4. The van der Waals surface area contributed by atoms with Gasteiger partial charge < -0.3 is 5.32 Å². The van der Waals surface area contributed by atoms with Crippen molar-refractivity contribution in [3.63, 3.8) is 0 Å². The maximum Gasteiger partial charge on any atom is 0.128 e. The molecule has 0 amide bonds. The summed E-state index contributed by atoms with van der Waals surface area (Å²) in [5.74, 6) is 0.971. The van der Waals surface area contributed by atoms with Crippen LogP contribution >= 0.6 is 27.3 Å². The Labute approximate surface area is 108 Å². The first-order valence-electron chi connectivity index (χ1n) is 5.13. The first kappa shape index (κ1) is 11.6. The number of hydrogen-bond acceptors (Lipinski definition) is 3. The summed E-state index contributed by atoms with van der Waals surface area (Å²) >= 11 is 5.15. The van der Waals surface area contributed by atoms with Gasteiger partial charge in [0.1, 0.15) is 5.82 Å². The van der Waals surface area contributed by atoms with Crippen LogP contribution in [0.4, 0.5) is 5.82 Å². The molecule has 0 saturated heterocycles. The predicted octanol–water partition coefficient (Wildman–Crippen LogP) is 3.87. The third kappa shape index (κ3) is 3.06. The standard InChI is InChI=1S/C12H13BrN2S/c1-9-6-11(13)7-15-12(9)14-4-2-10-3-5-16-8-10/h3,5-8H,2,4H2,1H3,(H,14,15). The SMILES string of the molecule is Cc1cc(Br)cnc1NCCc1ccsc1. The van der Waals surface area contributed by atoms with Crippen molar-refractivity contribution in [2.75, 3.05) is 11.9 Å². The third-order valence-electron chi connectivity index (χ3n) is 2.33. The fourth-order valence-corrected chi connectivity index (χ4v) is 2.63. The van der Waals surface area contributed by atoms with E-state index in [1.54, 1.807) is 11.3 Å². The number of aryl methyl sites for hydroxylation is 1. The van der Waals surface area contributed by atoms with Gasteiger partial charge in [0.2, 0.25) is 0 Å². The van der Waals surface area contributed by atoms with E-state index in [-0.39, 0.29) is 0 Å². The van der Waals surface area contributed by atoms with Crippen molar-refractivity contribution in [2.45, 2.75) is 13.3 Å². The molecule has 0 radical (unpaired) electrons. The van der Waals surface area contributed by atoms with Crippen LogP contribution in [0.3, 0.4) is 0 Å². The molecule has 4 heteroatoms. The zero-order valence-corrected chi connectivity index (χ0v) is 11.4. The molecule has 0 fully saturated rings. The molecule has 0 aromatic carbocycles. The second kappa shape index (κ2) is 5.46. The van der Waals surface area contributed by atoms with Gasteiger partial charge in [0.25, 0.3) is 0 Å². The molecule has 1 N–H and O–H groups in total. The van der Waals surface area contributed by atoms with Crippen LogP contribution in [-0.2, 0) is 6.42 Å². The highest BCUT2D eigenvalue weighted by atomic mass is 79.9. The number of aromatic nitrogens is 1. The van der Waals surface area contributed by atoms with Crippen molar-refractivity contribution < 1.29 is 0 Å². The number of nitrogens with zero attached hydrogens (tertiary/aromatic N) is 1. The van der Waals surface area contributed by atoms with Crippen LogP contribution in [-0.4, -0.2) is 11.5 Å². The fourth-order valence-electron chi connectivity index (χ4n) is 1.49. The van der Waals surface area contributed by atoms with Crippen molar-refractivity contribution >= 4 is 33.1 Å². The average Bonchev–Trinajstić information content (AvgIpc) is 2.74. The molecular weight excluding hydrogens is 284 g/mol. The molecule has 16 heavy (non-hydrogen) atoms. The van der Waals surface area contributed by atoms with Gasteiger partial charge in [-0.15, -0.1) is 0 Å². The fraction of sp³-hybridized carbons (Fsp3) is 0.250. The molecule has 84 valence electrons. The number of nitrogens with one attached hydrogen (secondary N) is 1. The second-order valence-corrected chi connectivity index (χ2v) is 5.32. The van der Waals surface area contributed by atoms with Crippen molar-refractivity contribution in [2.24, 2.45) is 0 Å². The quantitative estimate of drug-likeness (QED) is 0.926. The monoisotopic (exact) mass is 296 g/mol. The summed E-state index contributed by atoms with van der Waals surface area (Å²) in [6, 6.07) is 4.23. The van der Waals surface area contributed by atoms with Gasteiger partial charge in [0.05, 0.1) is 0 Å². The molecule has 0 bridgehead atoms. The van der Waals surface area contributed by atoms with Gasteiger partial charge in [-0.1, -0.05) is 0 Å². The van der Waals surface area contributed by atoms with Crippen LogP contribution in [0.5, 0.6) is 0 Å². The predicted molar refractivity (Wildman–Crippen MR) is 73.2 cm³/mol. The van der Waals surface area contributed by atoms with Crippen LogP contribution in [0.2, 0.25) is 0 Å². The molecule has 2 heterocycles. The van der Waals surface area contributed by atoms with Crippen LogP contribution in [0.1, 0.15) is 11.1 Å². The summed E-state index contributed by atoms with van der Waals surface area (Å²) in [7, 11) is 0. The van der Waals surface area contributed by atoms with E-state index >= 15 is 0 Å². The minimum absolute atomic E-state index is 0.923. The van der Waals surface area contributed by atoms with E-state index in [0.29, 0.717) is 0 Å². The lowest BCUT2D eigenvalue weighted by molar-refractivity contribution is 1.01. The Kier molecular flexibility index (Phi) is 3.96. The topological polar surface area (TPSA) is 24.9 Å². The number of anilines is 1. The lowest BCUT2D eigenvalue weighted by Gasteiger charge is -2.07. The van der Waals surface area contributed by atoms with Gasteiger partial charge in [-0.2, -0.15) is 11.3 Å². The summed E-state index contributed by atoms with van der Waals surface area (Å²) in [6.07, 6.45) is 2.86. The van der Waals surface area contributed by atoms with Crippen LogP contribution in [0.15, 0.2) is 33.6 Å². The first-order chi connectivity index (χ1) is 7.75. The zero-order valence-electron chi connectivity index (χ0n) is 9.03. The Morgan fingerprint density at radius 2 is 2.38 bits per heavy atom. The Balaban J connectivity index is 1.90. The van der Waals surface area contributed by atoms with Gasteiger partial charge >= 0.3 is 0 Å². The largest absolute Gasteiger partial charge is 0.370 e. The first-order valence-corrected chi connectivity index (χ1v) is 6.86. The number of halogens is 1. The second-order valence-electron chi connectivity index (χ2n) is 3.63. The molecule has 0 atom stereocenters. The van der Waals surface area contributed by atoms with E-state index in [1.807, 2.05) is 6.20 Å². The van der Waals surface area contributed by atoms with Crippen molar-refractivity contribution in [1.29, 1.82) is 0 Å². The number of pyridine rings is 1. The molecule has 0 aliphatic heterocycles. The number of hydrogen-bond donors (Lipinski definition) is 1. The summed E-state index contributed by atoms with van der Waals surface area (Å²) in [5, 5.41) is 7.64. The molecular formula is C12H13BrN2S. The Bertz CT molecular complexity index is 454. The molecule has 2 aromatic heterocycles. The van der Waals surface area contributed by atoms with Gasteiger partial charge in [-0.25, -0.2) is 4.98 Å². The summed E-state index contributed by atoms with van der Waals surface area (Å²) in [5.41, 5.74) is 2.55. The minimum atomic E-state index is 0.923. The summed E-state index contributed by atoms with van der Waals surface area (Å²) in [4.78, 5) is 4.34. The molecule has 0 aliphatic rings. The Hall–Kier alpha value is -0.870. The molecule has 0 saturated carbocycles. The van der Waals surface area contributed by atoms with E-state index < -0.39 is 0 Å². The van der Waals surface area contributed by atoms with Gasteiger partial charge in [0, 0.05) is 17.2 Å². The van der Waals surface area contributed by atoms with Gasteiger partial charge in [-0.3, -0.25) is 0 Å². The van der Waals surface area contributed by atoms with Crippen molar-refractivity contribution in [1.82, 2.24) is 4.98 Å². The van der Waals surface area contributed by atoms with E-state index in [9.17, 15) is 0 Å². The van der Waals surface area contributed by atoms with E-state index in [0.717, 1.165) is 23.3 Å². The van der Waals surface area contributed by atoms with Crippen LogP contribution < -0.4 is 5.32 Å². The average molecular weight is 297 g/mol. The van der Waals surface area contributed by atoms with Crippen molar-refractivity contribution in [3.05, 3.63) is 44.7 Å². The van der Waals surface area contributed by atoms with E-state index in [4.69, 9.17) is 0 Å². The molecule has 0 unspecified atom stereocenters. The molecule has 0 aliphatic carbocycles. The molecule has 0 spiro atoms. The smallest absolute Gasteiger partial charge is 0.128 e. The molecule has 2 rings (SSSR count). The lowest BCUT2D eigenvalue weighted by atomic mass is 10.2. The van der Waals surface area contributed by atoms with Gasteiger partial charge in [0.15, 0.2) is 0 Å². The Morgan fingerprint density at radius 3 is 3.06 bits per heavy atom. The maximum atomic E-state index is 4.34. The normalized spacial score (nSPS) is 10.4. The lowest BCUT2D eigenvalue weighted by Crippen LogP contribution is -2.07. The highest BCUT2D eigenvalue weighted by molar-refractivity contribution is 9.10.